The van der Waals surface area contributed by atoms with Gasteiger partial charge in [0.15, 0.2) is 0 Å². The monoisotopic (exact) mass is 276 g/mol. The van der Waals surface area contributed by atoms with E-state index < -0.39 is 0 Å². The molecule has 1 aromatic rings. The molecule has 1 aliphatic carbocycles. The number of anilines is 1. The van der Waals surface area contributed by atoms with Gasteiger partial charge in [0.25, 0.3) is 0 Å². The average molecular weight is 276 g/mol. The number of fused-ring (bicyclic) bond motifs is 1. The molecule has 1 aliphatic heterocycles. The molecule has 1 saturated heterocycles. The number of benzene rings is 1. The number of piperidine rings is 1. The highest BCUT2D eigenvalue weighted by atomic mass is 19.1. The van der Waals surface area contributed by atoms with Crippen molar-refractivity contribution in [3.8, 4) is 0 Å². The van der Waals surface area contributed by atoms with Crippen LogP contribution in [0.15, 0.2) is 18.2 Å². The van der Waals surface area contributed by atoms with E-state index in [1.165, 1.54) is 38.5 Å². The van der Waals surface area contributed by atoms with Crippen molar-refractivity contribution in [3.63, 3.8) is 0 Å². The summed E-state index contributed by atoms with van der Waals surface area (Å²) in [5.41, 5.74) is 7.80. The SMILES string of the molecule is C[C@@H](N)c1cccc(F)c1N1CCCC2CCCCC21. The fourth-order valence-corrected chi connectivity index (χ4v) is 4.10. The second-order valence-corrected chi connectivity index (χ2v) is 6.41. The molecule has 3 heteroatoms. The molecular formula is C17H25FN2. The standard InChI is InChI=1S/C17H25FN2/c1-12(19)14-8-4-9-15(18)17(14)20-11-5-7-13-6-2-3-10-16(13)20/h4,8-9,12-13,16H,2-3,5-7,10-11,19H2,1H3/t12-,13?,16?/m1/s1. The average Bonchev–Trinajstić information content (AvgIpc) is 2.46. The first-order chi connectivity index (χ1) is 9.68. The van der Waals surface area contributed by atoms with Gasteiger partial charge in [0.2, 0.25) is 0 Å². The van der Waals surface area contributed by atoms with Gasteiger partial charge in [-0.05, 0) is 50.2 Å². The van der Waals surface area contributed by atoms with Gasteiger partial charge < -0.3 is 10.6 Å². The second kappa shape index (κ2) is 5.72. The van der Waals surface area contributed by atoms with Crippen LogP contribution >= 0.6 is 0 Å². The molecule has 3 atom stereocenters. The van der Waals surface area contributed by atoms with Crippen LogP contribution in [-0.2, 0) is 0 Å². The van der Waals surface area contributed by atoms with Crippen LogP contribution in [0, 0.1) is 11.7 Å². The number of rotatable bonds is 2. The molecule has 1 aromatic carbocycles. The molecule has 2 aliphatic rings. The van der Waals surface area contributed by atoms with Crippen molar-refractivity contribution >= 4 is 5.69 Å². The van der Waals surface area contributed by atoms with E-state index in [0.717, 1.165) is 23.7 Å². The van der Waals surface area contributed by atoms with Gasteiger partial charge in [-0.3, -0.25) is 0 Å². The topological polar surface area (TPSA) is 29.3 Å². The van der Waals surface area contributed by atoms with E-state index >= 15 is 0 Å². The summed E-state index contributed by atoms with van der Waals surface area (Å²) in [6.07, 6.45) is 7.61. The van der Waals surface area contributed by atoms with Gasteiger partial charge in [-0.15, -0.1) is 0 Å². The molecule has 0 spiro atoms. The van der Waals surface area contributed by atoms with E-state index in [0.29, 0.717) is 6.04 Å². The highest BCUT2D eigenvalue weighted by Crippen LogP contribution is 2.40. The van der Waals surface area contributed by atoms with Crippen LogP contribution in [0.25, 0.3) is 0 Å². The Hall–Kier alpha value is -1.09. The number of hydrogen-bond donors (Lipinski definition) is 1. The summed E-state index contributed by atoms with van der Waals surface area (Å²) >= 11 is 0. The number of nitrogens with two attached hydrogens (primary N) is 1. The minimum atomic E-state index is -0.121. The zero-order valence-corrected chi connectivity index (χ0v) is 12.3. The normalized spacial score (nSPS) is 28.1. The van der Waals surface area contributed by atoms with Gasteiger partial charge in [-0.1, -0.05) is 25.0 Å². The maximum Gasteiger partial charge on any atom is 0.146 e. The highest BCUT2D eigenvalue weighted by molar-refractivity contribution is 5.57. The van der Waals surface area contributed by atoms with E-state index in [1.807, 2.05) is 13.0 Å². The molecule has 0 radical (unpaired) electrons. The first-order valence-electron chi connectivity index (χ1n) is 7.99. The quantitative estimate of drug-likeness (QED) is 0.884. The second-order valence-electron chi connectivity index (χ2n) is 6.41. The lowest BCUT2D eigenvalue weighted by Gasteiger charge is -2.46. The van der Waals surface area contributed by atoms with Crippen molar-refractivity contribution in [2.45, 2.75) is 57.5 Å². The Morgan fingerprint density at radius 1 is 1.20 bits per heavy atom. The third kappa shape index (κ3) is 2.44. The predicted molar refractivity (Wildman–Crippen MR) is 81.3 cm³/mol. The Labute approximate surface area is 121 Å². The fourth-order valence-electron chi connectivity index (χ4n) is 4.10. The summed E-state index contributed by atoms with van der Waals surface area (Å²) in [5.74, 6) is 0.643. The predicted octanol–water partition coefficient (Wildman–Crippen LogP) is 4.00. The van der Waals surface area contributed by atoms with Crippen molar-refractivity contribution in [2.75, 3.05) is 11.4 Å². The molecule has 1 heterocycles. The molecule has 3 rings (SSSR count). The molecule has 20 heavy (non-hydrogen) atoms. The lowest BCUT2D eigenvalue weighted by Crippen LogP contribution is -2.47. The third-order valence-electron chi connectivity index (χ3n) is 5.04. The largest absolute Gasteiger partial charge is 0.366 e. The minimum absolute atomic E-state index is 0.106. The Bertz CT molecular complexity index is 470. The molecule has 110 valence electrons. The van der Waals surface area contributed by atoms with Crippen molar-refractivity contribution in [2.24, 2.45) is 11.7 Å². The molecule has 0 amide bonds. The lowest BCUT2D eigenvalue weighted by molar-refractivity contribution is 0.242. The lowest BCUT2D eigenvalue weighted by atomic mass is 9.78. The van der Waals surface area contributed by atoms with E-state index in [-0.39, 0.29) is 11.9 Å². The van der Waals surface area contributed by atoms with Gasteiger partial charge in [0, 0.05) is 18.6 Å². The van der Waals surface area contributed by atoms with Crippen LogP contribution in [0.5, 0.6) is 0 Å². The zero-order chi connectivity index (χ0) is 14.1. The Kier molecular flexibility index (Phi) is 3.97. The number of hydrogen-bond acceptors (Lipinski definition) is 2. The molecular weight excluding hydrogens is 251 g/mol. The smallest absolute Gasteiger partial charge is 0.146 e. The van der Waals surface area contributed by atoms with Crippen LogP contribution in [0.2, 0.25) is 0 Å². The van der Waals surface area contributed by atoms with Crippen LogP contribution in [0.4, 0.5) is 10.1 Å². The first-order valence-corrected chi connectivity index (χ1v) is 7.99. The van der Waals surface area contributed by atoms with Gasteiger partial charge >= 0.3 is 0 Å². The summed E-state index contributed by atoms with van der Waals surface area (Å²) in [6, 6.07) is 5.74. The van der Waals surface area contributed by atoms with E-state index in [9.17, 15) is 4.39 Å². The van der Waals surface area contributed by atoms with Crippen LogP contribution in [-0.4, -0.2) is 12.6 Å². The minimum Gasteiger partial charge on any atom is -0.366 e. The zero-order valence-electron chi connectivity index (χ0n) is 12.3. The van der Waals surface area contributed by atoms with Crippen molar-refractivity contribution in [1.82, 2.24) is 0 Å². The Balaban J connectivity index is 1.98. The van der Waals surface area contributed by atoms with Gasteiger partial charge in [-0.2, -0.15) is 0 Å². The van der Waals surface area contributed by atoms with E-state index in [4.69, 9.17) is 5.73 Å². The molecule has 1 saturated carbocycles. The van der Waals surface area contributed by atoms with Crippen molar-refractivity contribution in [1.29, 1.82) is 0 Å². The van der Waals surface area contributed by atoms with Gasteiger partial charge in [0.1, 0.15) is 5.82 Å². The van der Waals surface area contributed by atoms with E-state index in [2.05, 4.69) is 4.90 Å². The summed E-state index contributed by atoms with van der Waals surface area (Å²) in [6.45, 7) is 2.92. The number of para-hydroxylation sites is 1. The Morgan fingerprint density at radius 2 is 1.95 bits per heavy atom. The molecule has 2 fully saturated rings. The maximum atomic E-state index is 14.5. The first kappa shape index (κ1) is 13.9. The van der Waals surface area contributed by atoms with Crippen LogP contribution in [0.1, 0.15) is 57.1 Å². The van der Waals surface area contributed by atoms with Gasteiger partial charge in [-0.25, -0.2) is 4.39 Å². The highest BCUT2D eigenvalue weighted by Gasteiger charge is 2.35. The molecule has 0 bridgehead atoms. The van der Waals surface area contributed by atoms with E-state index in [1.54, 1.807) is 12.1 Å². The summed E-state index contributed by atoms with van der Waals surface area (Å²) in [5, 5.41) is 0. The van der Waals surface area contributed by atoms with Crippen molar-refractivity contribution < 1.29 is 4.39 Å². The third-order valence-corrected chi connectivity index (χ3v) is 5.04. The molecule has 2 unspecified atom stereocenters. The Morgan fingerprint density at radius 3 is 2.75 bits per heavy atom. The number of halogens is 1. The van der Waals surface area contributed by atoms with Crippen LogP contribution in [0.3, 0.4) is 0 Å². The molecule has 0 aromatic heterocycles. The molecule has 2 nitrogen and oxygen atoms in total. The van der Waals surface area contributed by atoms with Crippen LogP contribution < -0.4 is 10.6 Å². The fraction of sp³-hybridized carbons (Fsp3) is 0.647. The molecule has 2 N–H and O–H groups in total. The van der Waals surface area contributed by atoms with Crippen molar-refractivity contribution in [3.05, 3.63) is 29.6 Å². The maximum absolute atomic E-state index is 14.5. The summed E-state index contributed by atoms with van der Waals surface area (Å²) < 4.78 is 14.5. The van der Waals surface area contributed by atoms with Gasteiger partial charge in [0.05, 0.1) is 5.69 Å². The summed E-state index contributed by atoms with van der Waals surface area (Å²) in [7, 11) is 0. The summed E-state index contributed by atoms with van der Waals surface area (Å²) in [4.78, 5) is 2.33. The number of nitrogens with zero attached hydrogens (tertiary/aromatic N) is 1.